The van der Waals surface area contributed by atoms with Gasteiger partial charge in [0.15, 0.2) is 0 Å². The molecule has 0 N–H and O–H groups in total. The molecule has 0 bridgehead atoms. The second kappa shape index (κ2) is 7.46. The highest BCUT2D eigenvalue weighted by Gasteiger charge is 2.37. The number of aryl methyl sites for hydroxylation is 1. The van der Waals surface area contributed by atoms with Gasteiger partial charge in [-0.15, -0.1) is 0 Å². The Labute approximate surface area is 170 Å². The van der Waals surface area contributed by atoms with Gasteiger partial charge in [0, 0.05) is 11.1 Å². The Balaban J connectivity index is 1.72. The second-order valence-electron chi connectivity index (χ2n) is 6.97. The van der Waals surface area contributed by atoms with Crippen LogP contribution < -0.4 is 0 Å². The summed E-state index contributed by atoms with van der Waals surface area (Å²) in [5.41, 5.74) is -0.228. The molecule has 0 amide bonds. The van der Waals surface area contributed by atoms with Gasteiger partial charge in [-0.3, -0.25) is 0 Å². The smallest absolute Gasteiger partial charge is 0.206 e. The molecule has 150 valence electrons. The molecule has 4 rings (SSSR count). The molecular weight excluding hydrogens is 395 g/mol. The molecule has 0 aliphatic heterocycles. The topological polar surface area (TPSA) is 0 Å². The van der Waals surface area contributed by atoms with E-state index in [-0.39, 0.29) is 5.56 Å². The van der Waals surface area contributed by atoms with Crippen molar-refractivity contribution in [2.45, 2.75) is 19.5 Å². The van der Waals surface area contributed by atoms with Crippen molar-refractivity contribution < 1.29 is 22.0 Å². The van der Waals surface area contributed by atoms with Crippen molar-refractivity contribution >= 4 is 21.5 Å². The van der Waals surface area contributed by atoms with E-state index in [1.807, 2.05) is 24.3 Å². The second-order valence-corrected chi connectivity index (χ2v) is 6.97. The van der Waals surface area contributed by atoms with Gasteiger partial charge in [0.1, 0.15) is 17.2 Å². The van der Waals surface area contributed by atoms with Crippen molar-refractivity contribution in [2.24, 2.45) is 0 Å². The van der Waals surface area contributed by atoms with Crippen molar-refractivity contribution in [3.8, 4) is 11.8 Å². The fourth-order valence-electron chi connectivity index (χ4n) is 3.48. The number of alkyl halides is 3. The zero-order valence-electron chi connectivity index (χ0n) is 15.9. The van der Waals surface area contributed by atoms with E-state index in [9.17, 15) is 22.0 Å². The third kappa shape index (κ3) is 3.73. The highest BCUT2D eigenvalue weighted by molar-refractivity contribution is 6.07. The first-order valence-electron chi connectivity index (χ1n) is 9.30. The first kappa shape index (κ1) is 19.9. The van der Waals surface area contributed by atoms with E-state index in [1.54, 1.807) is 6.07 Å². The number of rotatable bonds is 1. The fraction of sp³-hybridized carbons (Fsp3) is 0.120. The normalized spacial score (nSPS) is 11.5. The molecule has 0 saturated heterocycles. The summed E-state index contributed by atoms with van der Waals surface area (Å²) in [6.07, 6.45) is -4.15. The lowest BCUT2D eigenvalue weighted by Crippen LogP contribution is -2.11. The number of benzene rings is 4. The van der Waals surface area contributed by atoms with E-state index in [1.165, 1.54) is 5.56 Å². The van der Waals surface area contributed by atoms with Crippen LogP contribution in [0.3, 0.4) is 0 Å². The Morgan fingerprint density at radius 3 is 1.87 bits per heavy atom. The van der Waals surface area contributed by atoms with E-state index in [2.05, 4.69) is 37.0 Å². The molecule has 30 heavy (non-hydrogen) atoms. The number of hydrogen-bond acceptors (Lipinski definition) is 0. The molecule has 0 aromatic heterocycles. The molecule has 5 heteroatoms. The first-order valence-corrected chi connectivity index (χ1v) is 9.30. The van der Waals surface area contributed by atoms with Crippen molar-refractivity contribution in [3.63, 3.8) is 0 Å². The Morgan fingerprint density at radius 2 is 1.27 bits per heavy atom. The Kier molecular flexibility index (Phi) is 4.95. The van der Waals surface area contributed by atoms with Gasteiger partial charge in [0.25, 0.3) is 0 Å². The molecule has 0 aliphatic rings. The molecule has 0 fully saturated rings. The van der Waals surface area contributed by atoms with Crippen LogP contribution >= 0.6 is 0 Å². The third-order valence-electron chi connectivity index (χ3n) is 4.99. The predicted octanol–water partition coefficient (Wildman–Crippen LogP) is 7.25. The van der Waals surface area contributed by atoms with Crippen molar-refractivity contribution in [3.05, 3.63) is 94.6 Å². The van der Waals surface area contributed by atoms with Crippen LogP contribution in [-0.2, 0) is 12.6 Å². The van der Waals surface area contributed by atoms with Crippen LogP contribution in [0.25, 0.3) is 21.5 Å². The maximum atomic E-state index is 13.7. The number of fused-ring (bicyclic) bond motifs is 3. The average Bonchev–Trinajstić information content (AvgIpc) is 2.69. The van der Waals surface area contributed by atoms with Crippen LogP contribution in [0.4, 0.5) is 22.0 Å². The summed E-state index contributed by atoms with van der Waals surface area (Å²) in [5.74, 6) is 1.95. The summed E-state index contributed by atoms with van der Waals surface area (Å²) < 4.78 is 65.5. The summed E-state index contributed by atoms with van der Waals surface area (Å²) in [6.45, 7) is 2.10. The summed E-state index contributed by atoms with van der Waals surface area (Å²) >= 11 is 0. The molecule has 0 radical (unpaired) electrons. The lowest BCUT2D eigenvalue weighted by molar-refractivity contribution is -0.142. The predicted molar refractivity (Wildman–Crippen MR) is 108 cm³/mol. The molecule has 0 saturated carbocycles. The molecule has 0 nitrogen and oxygen atoms in total. The third-order valence-corrected chi connectivity index (χ3v) is 4.99. The molecule has 0 atom stereocenters. The zero-order valence-corrected chi connectivity index (χ0v) is 15.9. The standard InChI is InChI=1S/C25H15F5/c1-2-15-5-9-20-18(11-15)7-8-19-12-16(6-10-21(19)20)3-4-17-13-22(26)24(23(27)14-17)25(28,29)30/h5-14H,2H2,1H3. The first-order chi connectivity index (χ1) is 14.3. The SMILES string of the molecule is CCc1ccc2c(ccc3cc(C#Cc4cc(F)c(C(F)(F)F)c(F)c4)ccc32)c1. The van der Waals surface area contributed by atoms with Crippen LogP contribution in [0, 0.1) is 23.5 Å². The minimum absolute atomic E-state index is 0.163. The van der Waals surface area contributed by atoms with Gasteiger partial charge in [-0.1, -0.05) is 55.2 Å². The summed E-state index contributed by atoms with van der Waals surface area (Å²) in [7, 11) is 0. The monoisotopic (exact) mass is 410 g/mol. The van der Waals surface area contributed by atoms with Gasteiger partial charge < -0.3 is 0 Å². The maximum absolute atomic E-state index is 13.7. The van der Waals surface area contributed by atoms with Crippen LogP contribution in [0.15, 0.2) is 60.7 Å². The van der Waals surface area contributed by atoms with E-state index in [0.29, 0.717) is 17.7 Å². The van der Waals surface area contributed by atoms with E-state index >= 15 is 0 Å². The van der Waals surface area contributed by atoms with Crippen molar-refractivity contribution in [2.75, 3.05) is 0 Å². The molecule has 4 aromatic rings. The fourth-order valence-corrected chi connectivity index (χ4v) is 3.48. The largest absolute Gasteiger partial charge is 0.422 e. The van der Waals surface area contributed by atoms with E-state index in [4.69, 9.17) is 0 Å². The highest BCUT2D eigenvalue weighted by atomic mass is 19.4. The van der Waals surface area contributed by atoms with Gasteiger partial charge in [0.05, 0.1) is 0 Å². The van der Waals surface area contributed by atoms with Gasteiger partial charge >= 0.3 is 6.18 Å². The lowest BCUT2D eigenvalue weighted by atomic mass is 9.98. The Morgan fingerprint density at radius 1 is 0.700 bits per heavy atom. The van der Waals surface area contributed by atoms with Gasteiger partial charge in [-0.05, 0) is 57.8 Å². The summed E-state index contributed by atoms with van der Waals surface area (Å²) in [6, 6.07) is 17.0. The number of halogens is 5. The van der Waals surface area contributed by atoms with Crippen LogP contribution in [-0.4, -0.2) is 0 Å². The maximum Gasteiger partial charge on any atom is 0.422 e. The van der Waals surface area contributed by atoms with E-state index in [0.717, 1.165) is 28.0 Å². The molecule has 0 spiro atoms. The van der Waals surface area contributed by atoms with Gasteiger partial charge in [-0.25, -0.2) is 8.78 Å². The summed E-state index contributed by atoms with van der Waals surface area (Å²) in [5, 5.41) is 4.24. The quantitative estimate of drug-likeness (QED) is 0.176. The number of hydrogen-bond donors (Lipinski definition) is 0. The van der Waals surface area contributed by atoms with Crippen molar-refractivity contribution in [1.82, 2.24) is 0 Å². The molecule has 0 unspecified atom stereocenters. The summed E-state index contributed by atoms with van der Waals surface area (Å²) in [4.78, 5) is 0. The minimum Gasteiger partial charge on any atom is -0.206 e. The molecule has 0 heterocycles. The lowest BCUT2D eigenvalue weighted by Gasteiger charge is -2.09. The zero-order chi connectivity index (χ0) is 21.5. The average molecular weight is 410 g/mol. The Bertz CT molecular complexity index is 1310. The van der Waals surface area contributed by atoms with Crippen molar-refractivity contribution in [1.29, 1.82) is 0 Å². The van der Waals surface area contributed by atoms with Crippen LogP contribution in [0.1, 0.15) is 29.2 Å². The van der Waals surface area contributed by atoms with Gasteiger partial charge in [0.2, 0.25) is 0 Å². The van der Waals surface area contributed by atoms with Gasteiger partial charge in [-0.2, -0.15) is 13.2 Å². The minimum atomic E-state index is -5.10. The Hall–Kier alpha value is -3.39. The molecule has 4 aromatic carbocycles. The van der Waals surface area contributed by atoms with E-state index < -0.39 is 23.4 Å². The van der Waals surface area contributed by atoms with Crippen LogP contribution in [0.5, 0.6) is 0 Å². The highest BCUT2D eigenvalue weighted by Crippen LogP contribution is 2.34. The van der Waals surface area contributed by atoms with Crippen LogP contribution in [0.2, 0.25) is 0 Å². The molecular formula is C25H15F5. The molecule has 0 aliphatic carbocycles.